The van der Waals surface area contributed by atoms with Crippen molar-refractivity contribution in [2.45, 2.75) is 33.4 Å². The standard InChI is InChI=1S/C14H19NO/c1-4-16-12-10-14(2,3)13(15-12)11-8-6-5-7-9-11/h5-9,12H,4,10H2,1-3H3. The van der Waals surface area contributed by atoms with Crippen LogP contribution in [0.4, 0.5) is 0 Å². The molecule has 1 aromatic rings. The van der Waals surface area contributed by atoms with Crippen LogP contribution in [0.2, 0.25) is 0 Å². The van der Waals surface area contributed by atoms with Crippen LogP contribution in [0.1, 0.15) is 32.8 Å². The average molecular weight is 217 g/mol. The summed E-state index contributed by atoms with van der Waals surface area (Å²) < 4.78 is 5.60. The van der Waals surface area contributed by atoms with Crippen molar-refractivity contribution >= 4 is 5.71 Å². The third-order valence-corrected chi connectivity index (χ3v) is 3.01. The van der Waals surface area contributed by atoms with E-state index in [2.05, 4.69) is 38.1 Å². The molecular weight excluding hydrogens is 198 g/mol. The highest BCUT2D eigenvalue weighted by atomic mass is 16.5. The largest absolute Gasteiger partial charge is 0.357 e. The van der Waals surface area contributed by atoms with E-state index in [1.165, 1.54) is 11.3 Å². The lowest BCUT2D eigenvalue weighted by Gasteiger charge is -2.20. The van der Waals surface area contributed by atoms with Crippen LogP contribution >= 0.6 is 0 Å². The van der Waals surface area contributed by atoms with Gasteiger partial charge in [-0.3, -0.25) is 4.99 Å². The first kappa shape index (κ1) is 11.3. The minimum Gasteiger partial charge on any atom is -0.357 e. The van der Waals surface area contributed by atoms with Gasteiger partial charge in [0.2, 0.25) is 0 Å². The Morgan fingerprint density at radius 2 is 2.00 bits per heavy atom. The highest BCUT2D eigenvalue weighted by Gasteiger charge is 2.35. The summed E-state index contributed by atoms with van der Waals surface area (Å²) in [5, 5.41) is 0. The summed E-state index contributed by atoms with van der Waals surface area (Å²) in [7, 11) is 0. The number of aliphatic imine (C=N–C) groups is 1. The molecule has 1 heterocycles. The minimum atomic E-state index is 0.0372. The van der Waals surface area contributed by atoms with Gasteiger partial charge >= 0.3 is 0 Å². The molecule has 0 aliphatic carbocycles. The molecule has 0 fully saturated rings. The van der Waals surface area contributed by atoms with Crippen molar-refractivity contribution < 1.29 is 4.74 Å². The Morgan fingerprint density at radius 1 is 1.31 bits per heavy atom. The van der Waals surface area contributed by atoms with Crippen LogP contribution < -0.4 is 0 Å². The minimum absolute atomic E-state index is 0.0372. The third kappa shape index (κ3) is 2.17. The van der Waals surface area contributed by atoms with Crippen molar-refractivity contribution in [2.24, 2.45) is 10.4 Å². The number of benzene rings is 1. The second kappa shape index (κ2) is 4.38. The molecule has 1 atom stereocenters. The average Bonchev–Trinajstić information content (AvgIpc) is 2.55. The molecule has 2 rings (SSSR count). The summed E-state index contributed by atoms with van der Waals surface area (Å²) in [5.74, 6) is 0. The molecule has 1 aliphatic rings. The topological polar surface area (TPSA) is 21.6 Å². The van der Waals surface area contributed by atoms with E-state index in [9.17, 15) is 0 Å². The molecule has 0 N–H and O–H groups in total. The van der Waals surface area contributed by atoms with Crippen LogP contribution in [0.15, 0.2) is 35.3 Å². The van der Waals surface area contributed by atoms with Crippen LogP contribution in [-0.4, -0.2) is 18.5 Å². The van der Waals surface area contributed by atoms with E-state index in [0.717, 1.165) is 13.0 Å². The Hall–Kier alpha value is -1.15. The Balaban J connectivity index is 2.28. The molecule has 16 heavy (non-hydrogen) atoms. The zero-order valence-electron chi connectivity index (χ0n) is 10.2. The number of nitrogens with zero attached hydrogens (tertiary/aromatic N) is 1. The Morgan fingerprint density at radius 3 is 2.62 bits per heavy atom. The van der Waals surface area contributed by atoms with Crippen molar-refractivity contribution in [1.82, 2.24) is 0 Å². The van der Waals surface area contributed by atoms with Crippen molar-refractivity contribution in [2.75, 3.05) is 6.61 Å². The van der Waals surface area contributed by atoms with Crippen LogP contribution in [0, 0.1) is 5.41 Å². The van der Waals surface area contributed by atoms with Gasteiger partial charge < -0.3 is 4.74 Å². The Bertz CT molecular complexity index is 381. The third-order valence-electron chi connectivity index (χ3n) is 3.01. The van der Waals surface area contributed by atoms with E-state index in [1.54, 1.807) is 0 Å². The SMILES string of the molecule is CCOC1CC(C)(C)C(c2ccccc2)=N1. The predicted molar refractivity (Wildman–Crippen MR) is 66.8 cm³/mol. The lowest BCUT2D eigenvalue weighted by Crippen LogP contribution is -2.21. The van der Waals surface area contributed by atoms with Crippen LogP contribution in [0.25, 0.3) is 0 Å². The second-order valence-corrected chi connectivity index (χ2v) is 4.84. The molecule has 2 heteroatoms. The summed E-state index contributed by atoms with van der Waals surface area (Å²) in [6, 6.07) is 10.4. The quantitative estimate of drug-likeness (QED) is 0.761. The summed E-state index contributed by atoms with van der Waals surface area (Å²) >= 11 is 0. The zero-order valence-corrected chi connectivity index (χ0v) is 10.2. The van der Waals surface area contributed by atoms with E-state index in [4.69, 9.17) is 9.73 Å². The van der Waals surface area contributed by atoms with E-state index >= 15 is 0 Å². The molecule has 1 unspecified atom stereocenters. The summed E-state index contributed by atoms with van der Waals surface area (Å²) in [6.07, 6.45) is 1.01. The first-order valence-electron chi connectivity index (χ1n) is 5.89. The molecule has 0 saturated carbocycles. The highest BCUT2D eigenvalue weighted by Crippen LogP contribution is 2.35. The second-order valence-electron chi connectivity index (χ2n) is 4.84. The summed E-state index contributed by atoms with van der Waals surface area (Å²) in [6.45, 7) is 7.21. The van der Waals surface area contributed by atoms with E-state index < -0.39 is 0 Å². The molecule has 2 nitrogen and oxygen atoms in total. The molecule has 0 aromatic heterocycles. The molecule has 1 aliphatic heterocycles. The molecule has 0 bridgehead atoms. The maximum atomic E-state index is 5.60. The van der Waals surface area contributed by atoms with Gasteiger partial charge in [-0.05, 0) is 12.5 Å². The van der Waals surface area contributed by atoms with E-state index in [-0.39, 0.29) is 11.6 Å². The van der Waals surface area contributed by atoms with Gasteiger partial charge in [-0.15, -0.1) is 0 Å². The lowest BCUT2D eigenvalue weighted by atomic mass is 9.82. The number of hydrogen-bond donors (Lipinski definition) is 0. The molecular formula is C14H19NO. The van der Waals surface area contributed by atoms with Gasteiger partial charge in [0.15, 0.2) is 0 Å². The molecule has 0 radical (unpaired) electrons. The van der Waals surface area contributed by atoms with Crippen LogP contribution in [0.5, 0.6) is 0 Å². The fraction of sp³-hybridized carbons (Fsp3) is 0.500. The monoisotopic (exact) mass is 217 g/mol. The van der Waals surface area contributed by atoms with Gasteiger partial charge in [0.05, 0.1) is 5.71 Å². The maximum Gasteiger partial charge on any atom is 0.149 e. The highest BCUT2D eigenvalue weighted by molar-refractivity contribution is 6.05. The van der Waals surface area contributed by atoms with Crippen LogP contribution in [0.3, 0.4) is 0 Å². The Kier molecular flexibility index (Phi) is 3.10. The Labute approximate surface area is 97.4 Å². The number of ether oxygens (including phenoxy) is 1. The zero-order chi connectivity index (χ0) is 11.6. The van der Waals surface area contributed by atoms with Crippen molar-refractivity contribution in [3.63, 3.8) is 0 Å². The van der Waals surface area contributed by atoms with E-state index in [0.29, 0.717) is 0 Å². The summed E-state index contributed by atoms with van der Waals surface area (Å²) in [4.78, 5) is 4.70. The molecule has 0 amide bonds. The first-order valence-corrected chi connectivity index (χ1v) is 5.89. The molecule has 0 spiro atoms. The first-order chi connectivity index (χ1) is 7.63. The van der Waals surface area contributed by atoms with Crippen molar-refractivity contribution in [1.29, 1.82) is 0 Å². The van der Waals surface area contributed by atoms with Crippen molar-refractivity contribution in [3.8, 4) is 0 Å². The maximum absolute atomic E-state index is 5.60. The number of rotatable bonds is 3. The molecule has 0 saturated heterocycles. The van der Waals surface area contributed by atoms with Gasteiger partial charge in [-0.25, -0.2) is 0 Å². The lowest BCUT2D eigenvalue weighted by molar-refractivity contribution is 0.0588. The van der Waals surface area contributed by atoms with Gasteiger partial charge in [0, 0.05) is 18.4 Å². The summed E-state index contributed by atoms with van der Waals surface area (Å²) in [5.41, 5.74) is 2.50. The fourth-order valence-electron chi connectivity index (χ4n) is 2.25. The fourth-order valence-corrected chi connectivity index (χ4v) is 2.25. The van der Waals surface area contributed by atoms with Gasteiger partial charge in [0.1, 0.15) is 6.23 Å². The molecule has 1 aromatic carbocycles. The number of hydrogen-bond acceptors (Lipinski definition) is 2. The van der Waals surface area contributed by atoms with Gasteiger partial charge in [-0.1, -0.05) is 44.2 Å². The van der Waals surface area contributed by atoms with Gasteiger partial charge in [-0.2, -0.15) is 0 Å². The normalized spacial score (nSPS) is 23.2. The van der Waals surface area contributed by atoms with Crippen LogP contribution in [-0.2, 0) is 4.74 Å². The molecule has 86 valence electrons. The smallest absolute Gasteiger partial charge is 0.149 e. The van der Waals surface area contributed by atoms with Gasteiger partial charge in [0.25, 0.3) is 0 Å². The predicted octanol–water partition coefficient (Wildman–Crippen LogP) is 3.27. The van der Waals surface area contributed by atoms with E-state index in [1.807, 2.05) is 13.0 Å². The van der Waals surface area contributed by atoms with Crippen molar-refractivity contribution in [3.05, 3.63) is 35.9 Å².